The van der Waals surface area contributed by atoms with Crippen LogP contribution in [0.15, 0.2) is 42.5 Å². The molecule has 162 valence electrons. The van der Waals surface area contributed by atoms with Crippen molar-refractivity contribution in [1.82, 2.24) is 14.8 Å². The fourth-order valence-electron chi connectivity index (χ4n) is 3.68. The highest BCUT2D eigenvalue weighted by atomic mass is 35.5. The summed E-state index contributed by atoms with van der Waals surface area (Å²) < 4.78 is 1.98. The molecule has 0 unspecified atom stereocenters. The Morgan fingerprint density at radius 1 is 1.10 bits per heavy atom. The molecule has 2 aromatic carbocycles. The molecule has 2 amide bonds. The van der Waals surface area contributed by atoms with Crippen LogP contribution in [0.3, 0.4) is 0 Å². The van der Waals surface area contributed by atoms with Crippen LogP contribution in [0.5, 0.6) is 0 Å². The summed E-state index contributed by atoms with van der Waals surface area (Å²) in [6.45, 7) is 3.26. The van der Waals surface area contributed by atoms with Gasteiger partial charge in [0.15, 0.2) is 5.82 Å². The van der Waals surface area contributed by atoms with E-state index in [-0.39, 0.29) is 12.6 Å². The van der Waals surface area contributed by atoms with Crippen molar-refractivity contribution in [3.63, 3.8) is 0 Å². The van der Waals surface area contributed by atoms with E-state index in [0.717, 1.165) is 43.7 Å². The largest absolute Gasteiger partial charge is 0.326 e. The van der Waals surface area contributed by atoms with Gasteiger partial charge in [0.2, 0.25) is 0 Å². The van der Waals surface area contributed by atoms with Gasteiger partial charge in [-0.25, -0.2) is 14.5 Å². The lowest BCUT2D eigenvalue weighted by Crippen LogP contribution is -2.35. The van der Waals surface area contributed by atoms with E-state index in [1.807, 2.05) is 28.9 Å². The van der Waals surface area contributed by atoms with E-state index in [9.17, 15) is 4.79 Å². The molecular weight excluding hydrogens is 433 g/mol. The highest BCUT2D eigenvalue weighted by Gasteiger charge is 2.21. The first-order valence-corrected chi connectivity index (χ1v) is 11.3. The Bertz CT molecular complexity index is 1040. The van der Waals surface area contributed by atoms with Gasteiger partial charge in [-0.2, -0.15) is 5.10 Å². The number of hydrogen-bond donors (Lipinski definition) is 1. The van der Waals surface area contributed by atoms with E-state index in [1.165, 1.54) is 12.0 Å². The van der Waals surface area contributed by atoms with Crippen LogP contribution in [0, 0.1) is 0 Å². The molecule has 31 heavy (non-hydrogen) atoms. The molecule has 1 N–H and O–H groups in total. The van der Waals surface area contributed by atoms with E-state index in [2.05, 4.69) is 17.3 Å². The standard InChI is InChI=1S/C23H25Cl2N5O/c1-2-16-7-10-18(11-8-16)29(23(31)26-17-9-12-19(24)20(25)14-17)15-21-27-22-6-4-3-5-13-30(22)28-21/h7-12,14H,2-6,13,15H2,1H3,(H,26,31). The van der Waals surface area contributed by atoms with Crippen molar-refractivity contribution in [3.8, 4) is 0 Å². The first kappa shape index (κ1) is 21.7. The molecule has 0 saturated heterocycles. The average Bonchev–Trinajstić information content (AvgIpc) is 3.03. The lowest BCUT2D eigenvalue weighted by atomic mass is 10.1. The predicted octanol–water partition coefficient (Wildman–Crippen LogP) is 6.11. The fourth-order valence-corrected chi connectivity index (χ4v) is 3.97. The van der Waals surface area contributed by atoms with Crippen molar-refractivity contribution in [2.75, 3.05) is 10.2 Å². The second kappa shape index (κ2) is 9.71. The SMILES string of the molecule is CCc1ccc(N(Cc2nc3n(n2)CCCCC3)C(=O)Nc2ccc(Cl)c(Cl)c2)cc1. The number of nitrogens with one attached hydrogen (secondary N) is 1. The zero-order valence-corrected chi connectivity index (χ0v) is 19.0. The zero-order valence-electron chi connectivity index (χ0n) is 17.4. The maximum absolute atomic E-state index is 13.2. The normalized spacial score (nSPS) is 13.4. The van der Waals surface area contributed by atoms with Gasteiger partial charge in [-0.15, -0.1) is 0 Å². The Hall–Kier alpha value is -2.57. The third-order valence-electron chi connectivity index (χ3n) is 5.43. The number of benzene rings is 2. The molecule has 3 aromatic rings. The van der Waals surface area contributed by atoms with Gasteiger partial charge < -0.3 is 5.32 Å². The Balaban J connectivity index is 1.60. The summed E-state index contributed by atoms with van der Waals surface area (Å²) in [6.07, 6.45) is 5.29. The highest BCUT2D eigenvalue weighted by Crippen LogP contribution is 2.26. The molecule has 0 saturated carbocycles. The maximum Gasteiger partial charge on any atom is 0.326 e. The summed E-state index contributed by atoms with van der Waals surface area (Å²) in [6, 6.07) is 12.7. The second-order valence-corrected chi connectivity index (χ2v) is 8.46. The Morgan fingerprint density at radius 3 is 2.65 bits per heavy atom. The summed E-state index contributed by atoms with van der Waals surface area (Å²) in [5.74, 6) is 1.64. The molecule has 0 spiro atoms. The molecule has 8 heteroatoms. The van der Waals surface area contributed by atoms with Crippen LogP contribution in [0.4, 0.5) is 16.2 Å². The van der Waals surface area contributed by atoms with Crippen molar-refractivity contribution >= 4 is 40.6 Å². The molecule has 0 bridgehead atoms. The van der Waals surface area contributed by atoms with Crippen molar-refractivity contribution < 1.29 is 4.79 Å². The van der Waals surface area contributed by atoms with E-state index in [1.54, 1.807) is 23.1 Å². The molecule has 0 atom stereocenters. The quantitative estimate of drug-likeness (QED) is 0.502. The van der Waals surface area contributed by atoms with Gasteiger partial charge in [0.05, 0.1) is 16.6 Å². The summed E-state index contributed by atoms with van der Waals surface area (Å²) in [5.41, 5.74) is 2.56. The number of carbonyl (C=O) groups excluding carboxylic acids is 1. The average molecular weight is 458 g/mol. The second-order valence-electron chi connectivity index (χ2n) is 7.64. The van der Waals surface area contributed by atoms with Crippen molar-refractivity contribution in [2.24, 2.45) is 0 Å². The van der Waals surface area contributed by atoms with Gasteiger partial charge in [-0.3, -0.25) is 4.90 Å². The van der Waals surface area contributed by atoms with Gasteiger partial charge in [0.25, 0.3) is 0 Å². The number of hydrogen-bond acceptors (Lipinski definition) is 3. The maximum atomic E-state index is 13.2. The molecule has 0 radical (unpaired) electrons. The molecule has 4 rings (SSSR count). The van der Waals surface area contributed by atoms with Crippen LogP contribution in [-0.4, -0.2) is 20.8 Å². The Kier molecular flexibility index (Phi) is 6.78. The number of rotatable bonds is 5. The number of urea groups is 1. The molecule has 1 aliphatic heterocycles. The molecule has 1 aliphatic rings. The van der Waals surface area contributed by atoms with Crippen LogP contribution >= 0.6 is 23.2 Å². The van der Waals surface area contributed by atoms with E-state index >= 15 is 0 Å². The molecule has 2 heterocycles. The van der Waals surface area contributed by atoms with Crippen LogP contribution < -0.4 is 10.2 Å². The minimum atomic E-state index is -0.285. The smallest absolute Gasteiger partial charge is 0.307 e. The van der Waals surface area contributed by atoms with Gasteiger partial charge in [0.1, 0.15) is 5.82 Å². The van der Waals surface area contributed by atoms with E-state index < -0.39 is 0 Å². The van der Waals surface area contributed by atoms with Crippen LogP contribution in [0.25, 0.3) is 0 Å². The number of fused-ring (bicyclic) bond motifs is 1. The summed E-state index contributed by atoms with van der Waals surface area (Å²) in [5, 5.41) is 8.41. The number of amides is 2. The molecular formula is C23H25Cl2N5O. The van der Waals surface area contributed by atoms with Gasteiger partial charge >= 0.3 is 6.03 Å². The molecule has 0 fully saturated rings. The Labute approximate surface area is 192 Å². The van der Waals surface area contributed by atoms with Crippen LogP contribution in [0.2, 0.25) is 10.0 Å². The number of anilines is 2. The van der Waals surface area contributed by atoms with Crippen molar-refractivity contribution in [3.05, 3.63) is 69.7 Å². The first-order chi connectivity index (χ1) is 15.0. The Morgan fingerprint density at radius 2 is 1.90 bits per heavy atom. The van der Waals surface area contributed by atoms with Gasteiger partial charge in [-0.05, 0) is 55.2 Å². The number of nitrogens with zero attached hydrogens (tertiary/aromatic N) is 4. The fraction of sp³-hybridized carbons (Fsp3) is 0.348. The summed E-state index contributed by atoms with van der Waals surface area (Å²) in [4.78, 5) is 19.6. The van der Waals surface area contributed by atoms with Crippen molar-refractivity contribution in [2.45, 2.75) is 52.1 Å². The minimum absolute atomic E-state index is 0.276. The molecule has 1 aromatic heterocycles. The lowest BCUT2D eigenvalue weighted by Gasteiger charge is -2.22. The summed E-state index contributed by atoms with van der Waals surface area (Å²) in [7, 11) is 0. The lowest BCUT2D eigenvalue weighted by molar-refractivity contribution is 0.256. The van der Waals surface area contributed by atoms with E-state index in [0.29, 0.717) is 21.6 Å². The topological polar surface area (TPSA) is 63.1 Å². The third kappa shape index (κ3) is 5.20. The zero-order chi connectivity index (χ0) is 21.8. The molecule has 0 aliphatic carbocycles. The monoisotopic (exact) mass is 457 g/mol. The molecule has 6 nitrogen and oxygen atoms in total. The van der Waals surface area contributed by atoms with Gasteiger partial charge in [0, 0.05) is 24.3 Å². The number of aromatic nitrogens is 3. The number of aryl methyl sites for hydroxylation is 3. The third-order valence-corrected chi connectivity index (χ3v) is 6.17. The summed E-state index contributed by atoms with van der Waals surface area (Å²) >= 11 is 12.1. The van der Waals surface area contributed by atoms with Crippen LogP contribution in [-0.2, 0) is 25.9 Å². The highest BCUT2D eigenvalue weighted by molar-refractivity contribution is 6.42. The number of carbonyl (C=O) groups is 1. The first-order valence-electron chi connectivity index (χ1n) is 10.6. The van der Waals surface area contributed by atoms with Crippen LogP contribution in [0.1, 0.15) is 43.4 Å². The van der Waals surface area contributed by atoms with Crippen molar-refractivity contribution in [1.29, 1.82) is 0 Å². The van der Waals surface area contributed by atoms with E-state index in [4.69, 9.17) is 28.2 Å². The predicted molar refractivity (Wildman–Crippen MR) is 125 cm³/mol. The minimum Gasteiger partial charge on any atom is -0.307 e. The number of halogens is 2. The van der Waals surface area contributed by atoms with Gasteiger partial charge in [-0.1, -0.05) is 48.7 Å².